The van der Waals surface area contributed by atoms with Gasteiger partial charge in [-0.15, -0.1) is 0 Å². The first kappa shape index (κ1) is 14.1. The van der Waals surface area contributed by atoms with Crippen LogP contribution in [-0.2, 0) is 17.6 Å². The van der Waals surface area contributed by atoms with Crippen molar-refractivity contribution in [2.24, 2.45) is 11.1 Å². The molecule has 0 saturated heterocycles. The van der Waals surface area contributed by atoms with Crippen molar-refractivity contribution >= 4 is 11.6 Å². The number of benzene rings is 1. The van der Waals surface area contributed by atoms with Gasteiger partial charge in [0.2, 0.25) is 5.91 Å². The molecule has 0 heterocycles. The summed E-state index contributed by atoms with van der Waals surface area (Å²) >= 11 is 0. The number of hydrogen-bond donors (Lipinski definition) is 2. The average Bonchev–Trinajstić information content (AvgIpc) is 2.74. The first-order valence-electron chi connectivity index (χ1n) is 7.03. The maximum absolute atomic E-state index is 12.0. The molecule has 1 aromatic carbocycles. The van der Waals surface area contributed by atoms with E-state index < -0.39 is 0 Å². The number of carbonyl (C=O) groups is 1. The fraction of sp³-hybridized carbons (Fsp3) is 0.562. The van der Waals surface area contributed by atoms with Crippen molar-refractivity contribution in [1.29, 1.82) is 0 Å². The van der Waals surface area contributed by atoms with Crippen LogP contribution in [0.3, 0.4) is 0 Å². The maximum Gasteiger partial charge on any atom is 0.225 e. The standard InChI is InChI=1S/C16H24N2O/c1-16(2,3)14(17)10-15(19)18-13-8-7-11-5-4-6-12(11)9-13/h7-9,14H,4-6,10,17H2,1-3H3,(H,18,19). The molecule has 104 valence electrons. The van der Waals surface area contributed by atoms with Crippen LogP contribution >= 0.6 is 0 Å². The van der Waals surface area contributed by atoms with Gasteiger partial charge in [-0.05, 0) is 47.9 Å². The van der Waals surface area contributed by atoms with Crippen LogP contribution in [0.15, 0.2) is 18.2 Å². The van der Waals surface area contributed by atoms with E-state index in [1.165, 1.54) is 24.0 Å². The van der Waals surface area contributed by atoms with Gasteiger partial charge < -0.3 is 11.1 Å². The summed E-state index contributed by atoms with van der Waals surface area (Å²) in [5.74, 6) is 0.000344. The van der Waals surface area contributed by atoms with E-state index in [4.69, 9.17) is 5.73 Å². The van der Waals surface area contributed by atoms with Crippen LogP contribution in [0.2, 0.25) is 0 Å². The third kappa shape index (κ3) is 3.57. The van der Waals surface area contributed by atoms with Crippen molar-refractivity contribution in [3.8, 4) is 0 Å². The first-order chi connectivity index (χ1) is 8.86. The van der Waals surface area contributed by atoms with E-state index in [1.807, 2.05) is 6.07 Å². The van der Waals surface area contributed by atoms with Crippen molar-refractivity contribution in [1.82, 2.24) is 0 Å². The molecule has 0 fully saturated rings. The topological polar surface area (TPSA) is 55.1 Å². The van der Waals surface area contributed by atoms with Crippen LogP contribution < -0.4 is 11.1 Å². The van der Waals surface area contributed by atoms with Crippen LogP contribution in [0.5, 0.6) is 0 Å². The molecule has 0 saturated carbocycles. The van der Waals surface area contributed by atoms with E-state index in [0.717, 1.165) is 12.1 Å². The molecule has 0 aromatic heterocycles. The number of aryl methyl sites for hydroxylation is 2. The van der Waals surface area contributed by atoms with Gasteiger partial charge in [0.05, 0.1) is 0 Å². The molecule has 0 radical (unpaired) electrons. The predicted octanol–water partition coefficient (Wildman–Crippen LogP) is 2.88. The number of anilines is 1. The fourth-order valence-electron chi connectivity index (χ4n) is 2.37. The molecule has 0 bridgehead atoms. The molecule has 1 unspecified atom stereocenters. The highest BCUT2D eigenvalue weighted by Gasteiger charge is 2.23. The molecule has 2 rings (SSSR count). The molecular formula is C16H24N2O. The third-order valence-electron chi connectivity index (χ3n) is 3.90. The predicted molar refractivity (Wildman–Crippen MR) is 79.1 cm³/mol. The molecule has 19 heavy (non-hydrogen) atoms. The number of fused-ring (bicyclic) bond motifs is 1. The Morgan fingerprint density at radius 2 is 2.00 bits per heavy atom. The number of nitrogens with two attached hydrogens (primary N) is 1. The Hall–Kier alpha value is -1.35. The van der Waals surface area contributed by atoms with Gasteiger partial charge in [-0.1, -0.05) is 26.8 Å². The van der Waals surface area contributed by atoms with Gasteiger partial charge in [0.15, 0.2) is 0 Å². The molecule has 1 amide bonds. The Labute approximate surface area is 115 Å². The maximum atomic E-state index is 12.0. The Morgan fingerprint density at radius 1 is 1.32 bits per heavy atom. The largest absolute Gasteiger partial charge is 0.327 e. The quantitative estimate of drug-likeness (QED) is 0.878. The number of carbonyl (C=O) groups excluding carboxylic acids is 1. The highest BCUT2D eigenvalue weighted by atomic mass is 16.1. The normalized spacial score (nSPS) is 16.0. The lowest BCUT2D eigenvalue weighted by Gasteiger charge is -2.26. The van der Waals surface area contributed by atoms with E-state index >= 15 is 0 Å². The van der Waals surface area contributed by atoms with Crippen molar-refractivity contribution in [3.05, 3.63) is 29.3 Å². The fourth-order valence-corrected chi connectivity index (χ4v) is 2.37. The molecule has 3 heteroatoms. The zero-order valence-electron chi connectivity index (χ0n) is 12.1. The van der Waals surface area contributed by atoms with E-state index in [0.29, 0.717) is 6.42 Å². The molecule has 3 nitrogen and oxygen atoms in total. The van der Waals surface area contributed by atoms with Crippen molar-refractivity contribution in [3.63, 3.8) is 0 Å². The minimum atomic E-state index is -0.123. The van der Waals surface area contributed by atoms with E-state index in [2.05, 4.69) is 38.2 Å². The molecule has 1 aliphatic rings. The van der Waals surface area contributed by atoms with Crippen molar-refractivity contribution in [2.45, 2.75) is 52.5 Å². The zero-order chi connectivity index (χ0) is 14.0. The lowest BCUT2D eigenvalue weighted by Crippen LogP contribution is -2.38. The van der Waals surface area contributed by atoms with E-state index in [-0.39, 0.29) is 17.4 Å². The highest BCUT2D eigenvalue weighted by Crippen LogP contribution is 2.25. The number of nitrogens with one attached hydrogen (secondary N) is 1. The van der Waals surface area contributed by atoms with Crippen LogP contribution in [0, 0.1) is 5.41 Å². The lowest BCUT2D eigenvalue weighted by atomic mass is 9.85. The summed E-state index contributed by atoms with van der Waals surface area (Å²) in [5, 5.41) is 2.96. The third-order valence-corrected chi connectivity index (χ3v) is 3.90. The SMILES string of the molecule is CC(C)(C)C(N)CC(=O)Nc1ccc2c(c1)CCC2. The summed E-state index contributed by atoms with van der Waals surface area (Å²) in [5.41, 5.74) is 9.68. The molecule has 1 aromatic rings. The minimum Gasteiger partial charge on any atom is -0.327 e. The molecule has 0 aliphatic heterocycles. The van der Waals surface area contributed by atoms with Gasteiger partial charge in [-0.25, -0.2) is 0 Å². The van der Waals surface area contributed by atoms with Gasteiger partial charge in [0.1, 0.15) is 0 Å². The summed E-state index contributed by atoms with van der Waals surface area (Å²) in [4.78, 5) is 12.0. The number of rotatable bonds is 3. The second-order valence-corrected chi connectivity index (χ2v) is 6.56. The average molecular weight is 260 g/mol. The van der Waals surface area contributed by atoms with Crippen molar-refractivity contribution in [2.75, 3.05) is 5.32 Å². The Balaban J connectivity index is 1.96. The Bertz CT molecular complexity index is 474. The minimum absolute atomic E-state index is 0.000344. The number of amides is 1. The van der Waals surface area contributed by atoms with Crippen LogP contribution in [0.25, 0.3) is 0 Å². The second kappa shape index (κ2) is 5.33. The van der Waals surface area contributed by atoms with Gasteiger partial charge >= 0.3 is 0 Å². The summed E-state index contributed by atoms with van der Waals surface area (Å²) in [6.45, 7) is 6.17. The molecule has 1 atom stereocenters. The van der Waals surface area contributed by atoms with Gasteiger partial charge in [0.25, 0.3) is 0 Å². The first-order valence-corrected chi connectivity index (χ1v) is 7.03. The highest BCUT2D eigenvalue weighted by molar-refractivity contribution is 5.91. The lowest BCUT2D eigenvalue weighted by molar-refractivity contribution is -0.117. The second-order valence-electron chi connectivity index (χ2n) is 6.56. The molecular weight excluding hydrogens is 236 g/mol. The molecule has 1 aliphatic carbocycles. The van der Waals surface area contributed by atoms with Crippen molar-refractivity contribution < 1.29 is 4.79 Å². The molecule has 3 N–H and O–H groups in total. The van der Waals surface area contributed by atoms with Crippen LogP contribution in [-0.4, -0.2) is 11.9 Å². The summed E-state index contributed by atoms with van der Waals surface area (Å²) in [6.07, 6.45) is 3.88. The van der Waals surface area contributed by atoms with Gasteiger partial charge in [-0.3, -0.25) is 4.79 Å². The van der Waals surface area contributed by atoms with E-state index in [9.17, 15) is 4.79 Å². The summed E-state index contributed by atoms with van der Waals surface area (Å²) < 4.78 is 0. The van der Waals surface area contributed by atoms with Crippen LogP contribution in [0.1, 0.15) is 44.7 Å². The van der Waals surface area contributed by atoms with Gasteiger partial charge in [-0.2, -0.15) is 0 Å². The number of hydrogen-bond acceptors (Lipinski definition) is 2. The van der Waals surface area contributed by atoms with Crippen LogP contribution in [0.4, 0.5) is 5.69 Å². The zero-order valence-corrected chi connectivity index (χ0v) is 12.1. The monoisotopic (exact) mass is 260 g/mol. The smallest absolute Gasteiger partial charge is 0.225 e. The summed E-state index contributed by atoms with van der Waals surface area (Å²) in [6, 6.07) is 6.09. The summed E-state index contributed by atoms with van der Waals surface area (Å²) in [7, 11) is 0. The van der Waals surface area contributed by atoms with Gasteiger partial charge in [0, 0.05) is 18.2 Å². The Kier molecular flexibility index (Phi) is 3.95. The molecule has 0 spiro atoms. The Morgan fingerprint density at radius 3 is 2.68 bits per heavy atom. The van der Waals surface area contributed by atoms with E-state index in [1.54, 1.807) is 0 Å².